The van der Waals surface area contributed by atoms with Gasteiger partial charge in [-0.15, -0.1) is 0 Å². The highest BCUT2D eigenvalue weighted by atomic mass is 32.1. The first-order valence-corrected chi connectivity index (χ1v) is 8.40. The van der Waals surface area contributed by atoms with E-state index in [0.717, 1.165) is 16.9 Å². The van der Waals surface area contributed by atoms with E-state index >= 15 is 0 Å². The minimum absolute atomic E-state index is 0.587. The van der Waals surface area contributed by atoms with E-state index in [4.69, 9.17) is 12.2 Å². The van der Waals surface area contributed by atoms with Crippen LogP contribution in [-0.4, -0.2) is 28.2 Å². The molecule has 0 aromatic carbocycles. The molecule has 3 nitrogen and oxygen atoms in total. The van der Waals surface area contributed by atoms with E-state index in [1.807, 2.05) is 0 Å². The summed E-state index contributed by atoms with van der Waals surface area (Å²) in [6, 6.07) is 1.81. The second-order valence-electron chi connectivity index (χ2n) is 6.90. The third-order valence-corrected chi connectivity index (χ3v) is 5.69. The van der Waals surface area contributed by atoms with Crippen LogP contribution >= 0.6 is 12.2 Å². The van der Waals surface area contributed by atoms with Crippen LogP contribution in [0.15, 0.2) is 0 Å². The Bertz CT molecular complexity index is 336. The number of thiocarbonyl (C=S) groups is 1. The molecule has 0 radical (unpaired) electrons. The predicted molar refractivity (Wildman–Crippen MR) is 82.7 cm³/mol. The van der Waals surface area contributed by atoms with Gasteiger partial charge in [-0.05, 0) is 70.0 Å². The number of hydrazine groups is 1. The molecule has 108 valence electrons. The quantitative estimate of drug-likeness (QED) is 0.761. The number of hydrogen-bond acceptors (Lipinski definition) is 2. The molecule has 2 N–H and O–H groups in total. The Morgan fingerprint density at radius 2 is 1.79 bits per heavy atom. The van der Waals surface area contributed by atoms with Crippen molar-refractivity contribution in [3.63, 3.8) is 0 Å². The van der Waals surface area contributed by atoms with E-state index < -0.39 is 0 Å². The van der Waals surface area contributed by atoms with Crippen LogP contribution in [0.3, 0.4) is 0 Å². The Morgan fingerprint density at radius 1 is 1.05 bits per heavy atom. The first-order valence-electron chi connectivity index (χ1n) is 7.99. The van der Waals surface area contributed by atoms with Gasteiger partial charge in [-0.1, -0.05) is 12.8 Å². The number of piperidine rings is 1. The lowest BCUT2D eigenvalue weighted by Crippen LogP contribution is -2.58. The van der Waals surface area contributed by atoms with Crippen LogP contribution < -0.4 is 10.7 Å². The summed E-state index contributed by atoms with van der Waals surface area (Å²) >= 11 is 5.53. The lowest BCUT2D eigenvalue weighted by Gasteiger charge is -2.40. The third-order valence-electron chi connectivity index (χ3n) is 5.48. The summed E-state index contributed by atoms with van der Waals surface area (Å²) in [5.41, 5.74) is 3.46. The van der Waals surface area contributed by atoms with Crippen LogP contribution in [0.4, 0.5) is 0 Å². The largest absolute Gasteiger partial charge is 0.359 e. The molecule has 1 heterocycles. The van der Waals surface area contributed by atoms with Gasteiger partial charge in [0.25, 0.3) is 0 Å². The maximum atomic E-state index is 5.53. The van der Waals surface area contributed by atoms with E-state index in [0.29, 0.717) is 18.1 Å². The Morgan fingerprint density at radius 3 is 2.37 bits per heavy atom. The van der Waals surface area contributed by atoms with Gasteiger partial charge in [0.2, 0.25) is 0 Å². The van der Waals surface area contributed by atoms with Crippen LogP contribution in [0.25, 0.3) is 0 Å². The molecule has 0 amide bonds. The highest BCUT2D eigenvalue weighted by molar-refractivity contribution is 7.80. The maximum absolute atomic E-state index is 5.53. The second kappa shape index (κ2) is 5.57. The van der Waals surface area contributed by atoms with E-state index in [1.165, 1.54) is 44.9 Å². The number of nitrogens with one attached hydrogen (secondary N) is 2. The molecule has 1 saturated heterocycles. The minimum Gasteiger partial charge on any atom is -0.359 e. The standard InChI is InChI=1S/C15H27N3S/c1-10-4-3-5-11(2)18(10)17-15(19)16-14-9-12-6-7-13(14)8-12/h10-14H,3-9H2,1-2H3,(H2,16,17,19)/t10-,11+,12-,13-,14+/m0/s1. The molecular weight excluding hydrogens is 254 g/mol. The van der Waals surface area contributed by atoms with Gasteiger partial charge in [0.05, 0.1) is 0 Å². The zero-order valence-corrected chi connectivity index (χ0v) is 13.0. The van der Waals surface area contributed by atoms with Crippen molar-refractivity contribution in [1.29, 1.82) is 0 Å². The minimum atomic E-state index is 0.587. The van der Waals surface area contributed by atoms with Gasteiger partial charge < -0.3 is 5.32 Å². The van der Waals surface area contributed by atoms with Gasteiger partial charge in [-0.3, -0.25) is 5.43 Å². The number of fused-ring (bicyclic) bond motifs is 2. The molecule has 0 aromatic rings. The van der Waals surface area contributed by atoms with Crippen molar-refractivity contribution >= 4 is 17.3 Å². The summed E-state index contributed by atoms with van der Waals surface area (Å²) < 4.78 is 0. The van der Waals surface area contributed by atoms with Gasteiger partial charge in [0, 0.05) is 18.1 Å². The number of hydrogen-bond donors (Lipinski definition) is 2. The first kappa shape index (κ1) is 13.6. The van der Waals surface area contributed by atoms with Gasteiger partial charge in [0.15, 0.2) is 5.11 Å². The molecule has 3 rings (SSSR count). The molecule has 5 atom stereocenters. The molecule has 0 unspecified atom stereocenters. The van der Waals surface area contributed by atoms with E-state index in [-0.39, 0.29) is 0 Å². The van der Waals surface area contributed by atoms with Crippen LogP contribution in [0.2, 0.25) is 0 Å². The molecule has 3 aliphatic rings. The fourth-order valence-electron chi connectivity index (χ4n) is 4.38. The van der Waals surface area contributed by atoms with Crippen molar-refractivity contribution in [1.82, 2.24) is 15.8 Å². The van der Waals surface area contributed by atoms with Crippen molar-refractivity contribution in [3.8, 4) is 0 Å². The van der Waals surface area contributed by atoms with E-state index in [1.54, 1.807) is 0 Å². The van der Waals surface area contributed by atoms with Gasteiger partial charge >= 0.3 is 0 Å². The highest BCUT2D eigenvalue weighted by Gasteiger charge is 2.39. The molecule has 0 aromatic heterocycles. The maximum Gasteiger partial charge on any atom is 0.181 e. The lowest BCUT2D eigenvalue weighted by atomic mass is 9.95. The predicted octanol–water partition coefficient (Wildman–Crippen LogP) is 2.82. The topological polar surface area (TPSA) is 27.3 Å². The zero-order valence-electron chi connectivity index (χ0n) is 12.2. The lowest BCUT2D eigenvalue weighted by molar-refractivity contribution is 0.0731. The van der Waals surface area contributed by atoms with Crippen molar-refractivity contribution in [2.24, 2.45) is 11.8 Å². The van der Waals surface area contributed by atoms with Crippen LogP contribution in [0.5, 0.6) is 0 Å². The monoisotopic (exact) mass is 281 g/mol. The summed E-state index contributed by atoms with van der Waals surface area (Å²) in [7, 11) is 0. The molecular formula is C15H27N3S. The van der Waals surface area contributed by atoms with Gasteiger partial charge in [0.1, 0.15) is 0 Å². The number of nitrogens with zero attached hydrogens (tertiary/aromatic N) is 1. The molecule has 2 bridgehead atoms. The highest BCUT2D eigenvalue weighted by Crippen LogP contribution is 2.44. The smallest absolute Gasteiger partial charge is 0.181 e. The first-order chi connectivity index (χ1) is 9.13. The molecule has 19 heavy (non-hydrogen) atoms. The Balaban J connectivity index is 1.50. The van der Waals surface area contributed by atoms with Crippen LogP contribution in [0, 0.1) is 11.8 Å². The van der Waals surface area contributed by atoms with Crippen molar-refractivity contribution in [3.05, 3.63) is 0 Å². The Hall–Kier alpha value is -0.350. The van der Waals surface area contributed by atoms with Crippen LogP contribution in [-0.2, 0) is 0 Å². The average molecular weight is 281 g/mol. The summed E-state index contributed by atoms with van der Waals surface area (Å²) in [4.78, 5) is 0. The summed E-state index contributed by atoms with van der Waals surface area (Å²) in [5.74, 6) is 1.85. The van der Waals surface area contributed by atoms with Crippen LogP contribution in [0.1, 0.15) is 58.8 Å². The normalized spacial score (nSPS) is 42.3. The summed E-state index contributed by atoms with van der Waals surface area (Å²) in [5, 5.41) is 6.78. The fraction of sp³-hybridized carbons (Fsp3) is 0.933. The molecule has 3 fully saturated rings. The summed E-state index contributed by atoms with van der Waals surface area (Å²) in [6.45, 7) is 4.59. The zero-order chi connectivity index (χ0) is 13.4. The molecule has 0 spiro atoms. The SMILES string of the molecule is C[C@@H]1CCC[C@H](C)N1NC(=S)N[C@@H]1C[C@H]2CC[C@H]1C2. The molecule has 2 aliphatic carbocycles. The van der Waals surface area contributed by atoms with Crippen molar-refractivity contribution < 1.29 is 0 Å². The molecule has 1 aliphatic heterocycles. The van der Waals surface area contributed by atoms with Crippen molar-refractivity contribution in [2.75, 3.05) is 0 Å². The fourth-order valence-corrected chi connectivity index (χ4v) is 4.64. The van der Waals surface area contributed by atoms with Crippen molar-refractivity contribution in [2.45, 2.75) is 76.9 Å². The summed E-state index contributed by atoms with van der Waals surface area (Å²) in [6.07, 6.45) is 9.49. The molecule has 2 saturated carbocycles. The van der Waals surface area contributed by atoms with E-state index in [9.17, 15) is 0 Å². The third kappa shape index (κ3) is 2.89. The van der Waals surface area contributed by atoms with Gasteiger partial charge in [-0.25, -0.2) is 5.01 Å². The Labute approximate surface area is 122 Å². The van der Waals surface area contributed by atoms with E-state index in [2.05, 4.69) is 29.6 Å². The number of rotatable bonds is 2. The molecule has 4 heteroatoms. The van der Waals surface area contributed by atoms with Gasteiger partial charge in [-0.2, -0.15) is 0 Å². The second-order valence-corrected chi connectivity index (χ2v) is 7.31. The average Bonchev–Trinajstić information content (AvgIpc) is 2.96. The Kier molecular flexibility index (Phi) is 3.99.